The lowest BCUT2D eigenvalue weighted by molar-refractivity contribution is 0.584. The van der Waals surface area contributed by atoms with Crippen LogP contribution >= 0.6 is 15.9 Å². The van der Waals surface area contributed by atoms with E-state index in [2.05, 4.69) is 30.8 Å². The third-order valence-corrected chi connectivity index (χ3v) is 3.89. The Hall–Kier alpha value is -1.60. The number of aromatic amines is 1. The second kappa shape index (κ2) is 5.36. The van der Waals surface area contributed by atoms with Crippen LogP contribution in [0.15, 0.2) is 57.1 Å². The van der Waals surface area contributed by atoms with Crippen molar-refractivity contribution in [3.05, 3.63) is 52.8 Å². The largest absolute Gasteiger partial charge is 0.360 e. The molecule has 94 valence electrons. The molecule has 0 unspecified atom stereocenters. The Kier molecular flexibility index (Phi) is 3.83. The minimum atomic E-state index is -3.61. The van der Waals surface area contributed by atoms with Crippen molar-refractivity contribution >= 4 is 32.2 Å². The number of rotatable bonds is 4. The Morgan fingerprint density at radius 3 is 2.56 bits per heavy atom. The van der Waals surface area contributed by atoms with E-state index in [1.165, 1.54) is 18.3 Å². The van der Waals surface area contributed by atoms with E-state index >= 15 is 0 Å². The smallest absolute Gasteiger partial charge is 0.276 e. The van der Waals surface area contributed by atoms with E-state index in [0.717, 1.165) is 4.47 Å². The van der Waals surface area contributed by atoms with Crippen molar-refractivity contribution in [3.63, 3.8) is 0 Å². The number of halogens is 1. The summed E-state index contributed by atoms with van der Waals surface area (Å²) in [5, 5.41) is 3.68. The Labute approximate surface area is 113 Å². The minimum Gasteiger partial charge on any atom is -0.360 e. The fourth-order valence-electron chi connectivity index (χ4n) is 1.26. The predicted molar refractivity (Wildman–Crippen MR) is 72.9 cm³/mol. The van der Waals surface area contributed by atoms with Crippen LogP contribution in [0.1, 0.15) is 5.69 Å². The van der Waals surface area contributed by atoms with E-state index in [1.54, 1.807) is 30.5 Å². The third kappa shape index (κ3) is 3.21. The van der Waals surface area contributed by atoms with Gasteiger partial charge in [-0.05, 0) is 36.4 Å². The molecule has 2 N–H and O–H groups in total. The molecule has 0 amide bonds. The van der Waals surface area contributed by atoms with Crippen LogP contribution in [0.4, 0.5) is 0 Å². The molecule has 0 saturated heterocycles. The van der Waals surface area contributed by atoms with Gasteiger partial charge in [0.15, 0.2) is 0 Å². The van der Waals surface area contributed by atoms with Gasteiger partial charge in [0, 0.05) is 10.7 Å². The summed E-state index contributed by atoms with van der Waals surface area (Å²) in [6, 6.07) is 9.88. The first-order valence-electron chi connectivity index (χ1n) is 5.02. The zero-order valence-electron chi connectivity index (χ0n) is 9.17. The second-order valence-corrected chi connectivity index (χ2v) is 6.01. The molecular weight excluding hydrogens is 318 g/mol. The van der Waals surface area contributed by atoms with Crippen LogP contribution in [0.25, 0.3) is 0 Å². The normalized spacial score (nSPS) is 11.8. The van der Waals surface area contributed by atoms with Gasteiger partial charge in [0.05, 0.1) is 16.8 Å². The maximum Gasteiger partial charge on any atom is 0.276 e. The molecule has 0 bridgehead atoms. The standard InChI is InChI=1S/C11H10BrN3O2S/c12-9-3-5-11(6-4-9)18(16,17)15-14-8-10-2-1-7-13-10/h1-8,13,15H. The molecule has 0 aliphatic heterocycles. The van der Waals surface area contributed by atoms with Crippen LogP contribution in [0.2, 0.25) is 0 Å². The first-order valence-corrected chi connectivity index (χ1v) is 7.29. The first-order chi connectivity index (χ1) is 8.58. The van der Waals surface area contributed by atoms with Crippen LogP contribution < -0.4 is 4.83 Å². The summed E-state index contributed by atoms with van der Waals surface area (Å²) < 4.78 is 24.5. The molecule has 0 aliphatic carbocycles. The highest BCUT2D eigenvalue weighted by atomic mass is 79.9. The number of benzene rings is 1. The van der Waals surface area contributed by atoms with Crippen LogP contribution in [-0.2, 0) is 10.0 Å². The monoisotopic (exact) mass is 327 g/mol. The zero-order chi connectivity index (χ0) is 13.0. The average molecular weight is 328 g/mol. The van der Waals surface area contributed by atoms with Gasteiger partial charge in [-0.15, -0.1) is 0 Å². The zero-order valence-corrected chi connectivity index (χ0v) is 11.6. The highest BCUT2D eigenvalue weighted by Gasteiger charge is 2.11. The van der Waals surface area contributed by atoms with Gasteiger partial charge in [0.1, 0.15) is 0 Å². The van der Waals surface area contributed by atoms with Crippen molar-refractivity contribution in [3.8, 4) is 0 Å². The fourth-order valence-corrected chi connectivity index (χ4v) is 2.31. The molecule has 18 heavy (non-hydrogen) atoms. The number of hydrogen-bond acceptors (Lipinski definition) is 3. The van der Waals surface area contributed by atoms with Crippen molar-refractivity contribution in [2.45, 2.75) is 4.90 Å². The summed E-state index contributed by atoms with van der Waals surface area (Å²) >= 11 is 3.24. The summed E-state index contributed by atoms with van der Waals surface area (Å²) in [6.45, 7) is 0. The van der Waals surface area contributed by atoms with E-state index in [1.807, 2.05) is 0 Å². The number of sulfonamides is 1. The average Bonchev–Trinajstić information content (AvgIpc) is 2.82. The van der Waals surface area contributed by atoms with Crippen molar-refractivity contribution < 1.29 is 8.42 Å². The number of hydrogen-bond donors (Lipinski definition) is 2. The molecule has 1 aromatic carbocycles. The predicted octanol–water partition coefficient (Wildman–Crippen LogP) is 2.09. The lowest BCUT2D eigenvalue weighted by Crippen LogP contribution is -2.18. The SMILES string of the molecule is O=S(=O)(NN=Cc1ccc[nH]1)c1ccc(Br)cc1. The molecule has 7 heteroatoms. The quantitative estimate of drug-likeness (QED) is 0.666. The molecular formula is C11H10BrN3O2S. The molecule has 5 nitrogen and oxygen atoms in total. The molecule has 0 aliphatic rings. The molecule has 2 rings (SSSR count). The minimum absolute atomic E-state index is 0.161. The number of nitrogens with one attached hydrogen (secondary N) is 2. The van der Waals surface area contributed by atoms with E-state index < -0.39 is 10.0 Å². The number of nitrogens with zero attached hydrogens (tertiary/aromatic N) is 1. The highest BCUT2D eigenvalue weighted by molar-refractivity contribution is 9.10. The van der Waals surface area contributed by atoms with Gasteiger partial charge in [0.2, 0.25) is 0 Å². The summed E-state index contributed by atoms with van der Waals surface area (Å²) in [5.74, 6) is 0. The number of hydrazone groups is 1. The third-order valence-electron chi connectivity index (χ3n) is 2.12. The summed E-state index contributed by atoms with van der Waals surface area (Å²) in [7, 11) is -3.61. The molecule has 0 atom stereocenters. The van der Waals surface area contributed by atoms with E-state index in [9.17, 15) is 8.42 Å². The summed E-state index contributed by atoms with van der Waals surface area (Å²) in [5.41, 5.74) is 0.716. The Morgan fingerprint density at radius 1 is 1.22 bits per heavy atom. The topological polar surface area (TPSA) is 74.3 Å². The molecule has 1 aromatic heterocycles. The Balaban J connectivity index is 2.10. The van der Waals surface area contributed by atoms with Gasteiger partial charge >= 0.3 is 0 Å². The molecule has 0 spiro atoms. The van der Waals surface area contributed by atoms with Crippen molar-refractivity contribution in [2.75, 3.05) is 0 Å². The molecule has 1 heterocycles. The summed E-state index contributed by atoms with van der Waals surface area (Å²) in [4.78, 5) is 5.18. The van der Waals surface area contributed by atoms with Gasteiger partial charge in [0.25, 0.3) is 10.0 Å². The van der Waals surface area contributed by atoms with Gasteiger partial charge in [-0.25, -0.2) is 4.83 Å². The van der Waals surface area contributed by atoms with Crippen molar-refractivity contribution in [1.29, 1.82) is 0 Å². The number of aromatic nitrogens is 1. The van der Waals surface area contributed by atoms with Crippen LogP contribution in [-0.4, -0.2) is 19.6 Å². The van der Waals surface area contributed by atoms with Gasteiger partial charge in [-0.1, -0.05) is 15.9 Å². The molecule has 2 aromatic rings. The Bertz CT molecular complexity index is 633. The lowest BCUT2D eigenvalue weighted by Gasteiger charge is -2.02. The maximum absolute atomic E-state index is 11.8. The van der Waals surface area contributed by atoms with Gasteiger partial charge < -0.3 is 4.98 Å². The molecule has 0 saturated carbocycles. The molecule has 0 radical (unpaired) electrons. The van der Waals surface area contributed by atoms with E-state index in [0.29, 0.717) is 5.69 Å². The van der Waals surface area contributed by atoms with Crippen LogP contribution in [0.5, 0.6) is 0 Å². The molecule has 0 fully saturated rings. The van der Waals surface area contributed by atoms with Crippen molar-refractivity contribution in [2.24, 2.45) is 5.10 Å². The van der Waals surface area contributed by atoms with Crippen LogP contribution in [0.3, 0.4) is 0 Å². The van der Waals surface area contributed by atoms with Crippen molar-refractivity contribution in [1.82, 2.24) is 9.82 Å². The van der Waals surface area contributed by atoms with Gasteiger partial charge in [-0.3, -0.25) is 0 Å². The summed E-state index contributed by atoms with van der Waals surface area (Å²) in [6.07, 6.45) is 3.13. The first kappa shape index (κ1) is 12.8. The number of H-pyrrole nitrogens is 1. The lowest BCUT2D eigenvalue weighted by atomic mass is 10.4. The Morgan fingerprint density at radius 2 is 1.94 bits per heavy atom. The van der Waals surface area contributed by atoms with Crippen LogP contribution in [0, 0.1) is 0 Å². The van der Waals surface area contributed by atoms with E-state index in [4.69, 9.17) is 0 Å². The van der Waals surface area contributed by atoms with E-state index in [-0.39, 0.29) is 4.90 Å². The highest BCUT2D eigenvalue weighted by Crippen LogP contribution is 2.14. The maximum atomic E-state index is 11.8. The van der Waals surface area contributed by atoms with Gasteiger partial charge in [-0.2, -0.15) is 13.5 Å². The fraction of sp³-hybridized carbons (Fsp3) is 0. The second-order valence-electron chi connectivity index (χ2n) is 3.43.